The van der Waals surface area contributed by atoms with E-state index < -0.39 is 22.2 Å². The Morgan fingerprint density at radius 3 is 1.92 bits per heavy atom. The highest BCUT2D eigenvalue weighted by molar-refractivity contribution is 7.89. The fourth-order valence-electron chi connectivity index (χ4n) is 4.17. The summed E-state index contributed by atoms with van der Waals surface area (Å²) >= 11 is 0. The van der Waals surface area contributed by atoms with Crippen molar-refractivity contribution in [2.75, 3.05) is 0 Å². The first-order valence-corrected chi connectivity index (χ1v) is 13.0. The van der Waals surface area contributed by atoms with Crippen LogP contribution in [0.3, 0.4) is 0 Å². The van der Waals surface area contributed by atoms with Gasteiger partial charge in [-0.15, -0.1) is 0 Å². The summed E-state index contributed by atoms with van der Waals surface area (Å²) in [5, 5.41) is 0. The standard InChI is InChI=1S/C29H25N3O3S/c1-22-17-19-26(20-18-22)36(34,35)32-28(25-15-9-4-10-16-25)30-27(24-13-7-3-8-14-24)31(29(32)33)21-23-11-5-2-6-12-23/h2-20,28H,21H2,1H3. The van der Waals surface area contributed by atoms with Crippen molar-refractivity contribution in [3.05, 3.63) is 138 Å². The maximum absolute atomic E-state index is 14.2. The highest BCUT2D eigenvalue weighted by atomic mass is 32.2. The Morgan fingerprint density at radius 1 is 0.750 bits per heavy atom. The molecule has 0 saturated heterocycles. The number of rotatable bonds is 6. The summed E-state index contributed by atoms with van der Waals surface area (Å²) in [6.45, 7) is 2.06. The van der Waals surface area contributed by atoms with E-state index in [9.17, 15) is 13.2 Å². The number of amides is 2. The average molecular weight is 496 g/mol. The molecule has 7 heteroatoms. The minimum Gasteiger partial charge on any atom is -0.273 e. The van der Waals surface area contributed by atoms with E-state index in [0.29, 0.717) is 11.4 Å². The van der Waals surface area contributed by atoms with Gasteiger partial charge in [-0.3, -0.25) is 4.90 Å². The molecule has 6 nitrogen and oxygen atoms in total. The third-order valence-electron chi connectivity index (χ3n) is 6.03. The van der Waals surface area contributed by atoms with E-state index in [1.165, 1.54) is 17.0 Å². The van der Waals surface area contributed by atoms with Gasteiger partial charge in [0.1, 0.15) is 5.84 Å². The fourth-order valence-corrected chi connectivity index (χ4v) is 5.61. The Kier molecular flexibility index (Phi) is 6.40. The first kappa shape index (κ1) is 23.5. The van der Waals surface area contributed by atoms with E-state index in [2.05, 4.69) is 0 Å². The molecule has 4 aromatic rings. The minimum absolute atomic E-state index is 0.0420. The van der Waals surface area contributed by atoms with E-state index in [-0.39, 0.29) is 11.4 Å². The number of aliphatic imine (C=N–C) groups is 1. The van der Waals surface area contributed by atoms with Gasteiger partial charge in [-0.1, -0.05) is 109 Å². The molecule has 36 heavy (non-hydrogen) atoms. The SMILES string of the molecule is Cc1ccc(S(=O)(=O)N2C(=O)N(Cc3ccccc3)C(c3ccccc3)=NC2c2ccccc2)cc1. The van der Waals surface area contributed by atoms with E-state index >= 15 is 0 Å². The molecule has 0 aromatic heterocycles. The zero-order valence-corrected chi connectivity index (χ0v) is 20.5. The van der Waals surface area contributed by atoms with Crippen LogP contribution in [-0.4, -0.2) is 29.5 Å². The molecule has 0 fully saturated rings. The zero-order valence-electron chi connectivity index (χ0n) is 19.7. The summed E-state index contributed by atoms with van der Waals surface area (Å²) < 4.78 is 28.8. The van der Waals surface area contributed by atoms with Crippen LogP contribution in [0.1, 0.15) is 28.4 Å². The third kappa shape index (κ3) is 4.53. The number of urea groups is 1. The van der Waals surface area contributed by atoms with Gasteiger partial charge in [0.15, 0.2) is 6.17 Å². The second kappa shape index (κ2) is 9.79. The number of hydrogen-bond donors (Lipinski definition) is 0. The predicted molar refractivity (Wildman–Crippen MR) is 140 cm³/mol. The maximum Gasteiger partial charge on any atom is 0.342 e. The van der Waals surface area contributed by atoms with Crippen molar-refractivity contribution in [3.8, 4) is 0 Å². The van der Waals surface area contributed by atoms with Gasteiger partial charge in [0.25, 0.3) is 10.0 Å². The topological polar surface area (TPSA) is 70.1 Å². The summed E-state index contributed by atoms with van der Waals surface area (Å²) in [7, 11) is -4.22. The largest absolute Gasteiger partial charge is 0.342 e. The fraction of sp³-hybridized carbons (Fsp3) is 0.103. The Labute approximate surface area is 211 Å². The van der Waals surface area contributed by atoms with Crippen LogP contribution in [0.5, 0.6) is 0 Å². The molecule has 4 aromatic carbocycles. The second-order valence-electron chi connectivity index (χ2n) is 8.57. The number of carbonyl (C=O) groups is 1. The van der Waals surface area contributed by atoms with Crippen molar-refractivity contribution in [3.63, 3.8) is 0 Å². The lowest BCUT2D eigenvalue weighted by Crippen LogP contribution is -2.53. The number of sulfonamides is 1. The molecule has 0 radical (unpaired) electrons. The number of carbonyl (C=O) groups excluding carboxylic acids is 1. The lowest BCUT2D eigenvalue weighted by molar-refractivity contribution is 0.181. The molecular formula is C29H25N3O3S. The molecule has 0 aliphatic carbocycles. The molecule has 1 unspecified atom stereocenters. The Bertz CT molecular complexity index is 1490. The third-order valence-corrected chi connectivity index (χ3v) is 7.77. The number of amidine groups is 1. The van der Waals surface area contributed by atoms with E-state index in [1.54, 1.807) is 24.3 Å². The van der Waals surface area contributed by atoms with Crippen LogP contribution < -0.4 is 0 Å². The Balaban J connectivity index is 1.71. The monoisotopic (exact) mass is 495 g/mol. The molecule has 5 rings (SSSR count). The van der Waals surface area contributed by atoms with Gasteiger partial charge in [-0.25, -0.2) is 18.2 Å². The van der Waals surface area contributed by atoms with Crippen LogP contribution in [-0.2, 0) is 16.6 Å². The van der Waals surface area contributed by atoms with Gasteiger partial charge in [-0.2, -0.15) is 4.31 Å². The van der Waals surface area contributed by atoms with Crippen molar-refractivity contribution in [2.24, 2.45) is 4.99 Å². The first-order valence-electron chi connectivity index (χ1n) is 11.6. The number of benzene rings is 4. The molecule has 180 valence electrons. The lowest BCUT2D eigenvalue weighted by Gasteiger charge is -2.39. The summed E-state index contributed by atoms with van der Waals surface area (Å²) in [6, 6.07) is 33.7. The van der Waals surface area contributed by atoms with E-state index in [1.807, 2.05) is 85.8 Å². The van der Waals surface area contributed by atoms with Crippen LogP contribution in [0.15, 0.2) is 125 Å². The molecule has 1 aliphatic rings. The van der Waals surface area contributed by atoms with Crippen molar-refractivity contribution in [2.45, 2.75) is 24.5 Å². The summed E-state index contributed by atoms with van der Waals surface area (Å²) in [6.07, 6.45) is -1.05. The van der Waals surface area contributed by atoms with Crippen LogP contribution in [0.25, 0.3) is 0 Å². The van der Waals surface area contributed by atoms with Gasteiger partial charge < -0.3 is 0 Å². The van der Waals surface area contributed by atoms with Gasteiger partial charge in [0, 0.05) is 5.56 Å². The average Bonchev–Trinajstić information content (AvgIpc) is 2.91. The van der Waals surface area contributed by atoms with Crippen molar-refractivity contribution < 1.29 is 13.2 Å². The first-order chi connectivity index (χ1) is 17.4. The molecule has 1 heterocycles. The molecular weight excluding hydrogens is 470 g/mol. The van der Waals surface area contributed by atoms with Crippen LogP contribution in [0, 0.1) is 6.92 Å². The van der Waals surface area contributed by atoms with E-state index in [0.717, 1.165) is 21.0 Å². The van der Waals surface area contributed by atoms with Crippen molar-refractivity contribution >= 4 is 21.9 Å². The predicted octanol–water partition coefficient (Wildman–Crippen LogP) is 5.77. The van der Waals surface area contributed by atoms with Gasteiger partial charge in [0.05, 0.1) is 11.4 Å². The number of nitrogens with zero attached hydrogens (tertiary/aromatic N) is 3. The minimum atomic E-state index is -4.22. The quantitative estimate of drug-likeness (QED) is 0.341. The molecule has 1 atom stereocenters. The van der Waals surface area contributed by atoms with E-state index in [4.69, 9.17) is 4.99 Å². The molecule has 0 saturated carbocycles. The molecule has 0 N–H and O–H groups in total. The molecule has 1 aliphatic heterocycles. The summed E-state index contributed by atoms with van der Waals surface area (Å²) in [4.78, 5) is 20.6. The Hall–Kier alpha value is -4.23. The highest BCUT2D eigenvalue weighted by Gasteiger charge is 2.44. The number of hydrogen-bond acceptors (Lipinski definition) is 4. The van der Waals surface area contributed by atoms with Gasteiger partial charge in [0.2, 0.25) is 0 Å². The number of aryl methyl sites for hydroxylation is 1. The normalized spacial score (nSPS) is 16.1. The zero-order chi connectivity index (χ0) is 25.1. The van der Waals surface area contributed by atoms with Gasteiger partial charge >= 0.3 is 6.03 Å². The maximum atomic E-state index is 14.2. The molecule has 0 spiro atoms. The van der Waals surface area contributed by atoms with Crippen LogP contribution >= 0.6 is 0 Å². The summed E-state index contributed by atoms with van der Waals surface area (Å²) in [5.41, 5.74) is 3.12. The lowest BCUT2D eigenvalue weighted by atomic mass is 10.1. The Morgan fingerprint density at radius 2 is 1.31 bits per heavy atom. The van der Waals surface area contributed by atoms with Crippen LogP contribution in [0.4, 0.5) is 4.79 Å². The van der Waals surface area contributed by atoms with Crippen molar-refractivity contribution in [1.29, 1.82) is 0 Å². The highest BCUT2D eigenvalue weighted by Crippen LogP contribution is 2.35. The molecule has 2 amide bonds. The van der Waals surface area contributed by atoms with Crippen molar-refractivity contribution in [1.82, 2.24) is 9.21 Å². The molecule has 0 bridgehead atoms. The second-order valence-corrected chi connectivity index (χ2v) is 10.4. The van der Waals surface area contributed by atoms with Crippen LogP contribution in [0.2, 0.25) is 0 Å². The van der Waals surface area contributed by atoms with Gasteiger partial charge in [-0.05, 0) is 30.2 Å². The summed E-state index contributed by atoms with van der Waals surface area (Å²) in [5.74, 6) is 0.425. The smallest absolute Gasteiger partial charge is 0.273 e.